The number of aromatic nitrogens is 2. The third-order valence-electron chi connectivity index (χ3n) is 3.99. The van der Waals surface area contributed by atoms with Crippen LogP contribution in [0.4, 0.5) is 5.82 Å². The molecule has 1 fully saturated rings. The number of imidazole rings is 1. The molecule has 0 aliphatic carbocycles. The van der Waals surface area contributed by atoms with Gasteiger partial charge in [-0.25, -0.2) is 4.98 Å². The maximum atomic E-state index is 11.7. The molecule has 2 aromatic rings. The Labute approximate surface area is 127 Å². The molecule has 0 radical (unpaired) electrons. The summed E-state index contributed by atoms with van der Waals surface area (Å²) in [4.78, 5) is 19.6. The number of nitrogens with zero attached hydrogens (tertiary/aromatic N) is 3. The van der Waals surface area contributed by atoms with Crippen molar-refractivity contribution >= 4 is 28.0 Å². The summed E-state index contributed by atoms with van der Waals surface area (Å²) >= 11 is 1.61. The van der Waals surface area contributed by atoms with Crippen LogP contribution in [0.15, 0.2) is 11.6 Å². The van der Waals surface area contributed by atoms with Crippen LogP contribution >= 0.6 is 11.3 Å². The summed E-state index contributed by atoms with van der Waals surface area (Å²) in [6.45, 7) is 4.57. The minimum absolute atomic E-state index is 0.233. The van der Waals surface area contributed by atoms with E-state index in [1.54, 1.807) is 11.3 Å². The molecule has 1 aliphatic heterocycles. The third kappa shape index (κ3) is 2.63. The van der Waals surface area contributed by atoms with E-state index in [4.69, 9.17) is 10.7 Å². The molecule has 2 aromatic heterocycles. The van der Waals surface area contributed by atoms with Gasteiger partial charge in [0.05, 0.1) is 5.69 Å². The number of carbonyl (C=O) groups excluding carboxylic acids is 1. The first-order chi connectivity index (χ1) is 10.2. The molecule has 1 amide bonds. The van der Waals surface area contributed by atoms with Gasteiger partial charge in [-0.1, -0.05) is 6.92 Å². The number of thiazole rings is 1. The summed E-state index contributed by atoms with van der Waals surface area (Å²) in [7, 11) is 0. The van der Waals surface area contributed by atoms with E-state index in [-0.39, 0.29) is 11.9 Å². The normalized spacial score (nSPS) is 19.3. The molecular formula is C14H21N5OS. The van der Waals surface area contributed by atoms with Gasteiger partial charge in [-0.15, -0.1) is 11.3 Å². The highest BCUT2D eigenvalue weighted by atomic mass is 32.1. The van der Waals surface area contributed by atoms with Gasteiger partial charge in [-0.3, -0.25) is 9.20 Å². The largest absolute Gasteiger partial charge is 0.368 e. The molecule has 3 rings (SSSR count). The summed E-state index contributed by atoms with van der Waals surface area (Å²) in [6.07, 6.45) is 4.98. The van der Waals surface area contributed by atoms with Gasteiger partial charge in [-0.2, -0.15) is 0 Å². The van der Waals surface area contributed by atoms with Gasteiger partial charge < -0.3 is 16.0 Å². The van der Waals surface area contributed by atoms with E-state index in [1.807, 2.05) is 11.6 Å². The number of rotatable bonds is 5. The van der Waals surface area contributed by atoms with Crippen LogP contribution in [0.25, 0.3) is 4.96 Å². The van der Waals surface area contributed by atoms with Gasteiger partial charge >= 0.3 is 0 Å². The van der Waals surface area contributed by atoms with Crippen molar-refractivity contribution in [2.45, 2.75) is 38.8 Å². The fourth-order valence-electron chi connectivity index (χ4n) is 2.94. The van der Waals surface area contributed by atoms with Crippen molar-refractivity contribution in [1.82, 2.24) is 14.7 Å². The van der Waals surface area contributed by atoms with Crippen molar-refractivity contribution < 1.29 is 4.79 Å². The average molecular weight is 307 g/mol. The Hall–Kier alpha value is -1.60. The van der Waals surface area contributed by atoms with Crippen molar-refractivity contribution in [2.75, 3.05) is 18.0 Å². The van der Waals surface area contributed by atoms with Crippen molar-refractivity contribution in [2.24, 2.45) is 5.73 Å². The van der Waals surface area contributed by atoms with E-state index < -0.39 is 0 Å². The molecule has 21 heavy (non-hydrogen) atoms. The molecule has 3 heterocycles. The molecule has 1 atom stereocenters. The Kier molecular flexibility index (Phi) is 4.12. The number of nitrogens with two attached hydrogens (primary N) is 1. The zero-order valence-corrected chi connectivity index (χ0v) is 13.0. The molecule has 0 saturated carbocycles. The minimum Gasteiger partial charge on any atom is -0.368 e. The number of fused-ring (bicyclic) bond motifs is 1. The fourth-order valence-corrected chi connectivity index (χ4v) is 3.67. The lowest BCUT2D eigenvalue weighted by Crippen LogP contribution is -2.48. The molecular weight excluding hydrogens is 286 g/mol. The van der Waals surface area contributed by atoms with E-state index in [2.05, 4.69) is 21.5 Å². The van der Waals surface area contributed by atoms with Gasteiger partial charge in [0.2, 0.25) is 5.91 Å². The lowest BCUT2D eigenvalue weighted by Gasteiger charge is -2.34. The zero-order chi connectivity index (χ0) is 14.8. The fraction of sp³-hybridized carbons (Fsp3) is 0.571. The molecule has 7 heteroatoms. The van der Waals surface area contributed by atoms with E-state index in [0.29, 0.717) is 0 Å². The zero-order valence-electron chi connectivity index (χ0n) is 12.2. The molecule has 0 bridgehead atoms. The molecule has 0 aromatic carbocycles. The Morgan fingerprint density at radius 2 is 2.43 bits per heavy atom. The number of nitrogens with one attached hydrogen (secondary N) is 1. The Morgan fingerprint density at radius 3 is 3.19 bits per heavy atom. The number of primary amides is 1. The van der Waals surface area contributed by atoms with Crippen LogP contribution in [-0.2, 0) is 11.3 Å². The van der Waals surface area contributed by atoms with Crippen LogP contribution in [0.3, 0.4) is 0 Å². The standard InChI is InChI=1S/C14H21N5OS/c1-2-16-9-11-13(17-14-19(11)7-8-21-14)18-6-4-3-5-10(18)12(15)20/h7-8,10,16H,2-6,9H2,1H3,(H2,15,20). The van der Waals surface area contributed by atoms with Crippen molar-refractivity contribution in [3.05, 3.63) is 17.3 Å². The number of amides is 1. The maximum Gasteiger partial charge on any atom is 0.240 e. The molecule has 0 spiro atoms. The van der Waals surface area contributed by atoms with Crippen LogP contribution in [0, 0.1) is 0 Å². The molecule has 1 saturated heterocycles. The maximum absolute atomic E-state index is 11.7. The molecule has 114 valence electrons. The molecule has 1 aliphatic rings. The van der Waals surface area contributed by atoms with Crippen LogP contribution in [0.1, 0.15) is 31.9 Å². The highest BCUT2D eigenvalue weighted by Gasteiger charge is 2.31. The Morgan fingerprint density at radius 1 is 1.57 bits per heavy atom. The average Bonchev–Trinajstić information content (AvgIpc) is 3.06. The Balaban J connectivity index is 2.00. The summed E-state index contributed by atoms with van der Waals surface area (Å²) in [5.41, 5.74) is 6.70. The van der Waals surface area contributed by atoms with E-state index in [1.165, 1.54) is 0 Å². The monoisotopic (exact) mass is 307 g/mol. The summed E-state index contributed by atoms with van der Waals surface area (Å²) in [6, 6.07) is -0.233. The molecule has 6 nitrogen and oxygen atoms in total. The van der Waals surface area contributed by atoms with E-state index >= 15 is 0 Å². The van der Waals surface area contributed by atoms with Gasteiger partial charge in [-0.05, 0) is 25.8 Å². The summed E-state index contributed by atoms with van der Waals surface area (Å²) in [5.74, 6) is 0.659. The first-order valence-electron chi connectivity index (χ1n) is 7.43. The van der Waals surface area contributed by atoms with Crippen LogP contribution in [0.5, 0.6) is 0 Å². The first-order valence-corrected chi connectivity index (χ1v) is 8.31. The quantitative estimate of drug-likeness (QED) is 0.874. The van der Waals surface area contributed by atoms with Crippen molar-refractivity contribution in [1.29, 1.82) is 0 Å². The smallest absolute Gasteiger partial charge is 0.240 e. The van der Waals surface area contributed by atoms with Gasteiger partial charge in [0.15, 0.2) is 10.8 Å². The van der Waals surface area contributed by atoms with Crippen molar-refractivity contribution in [3.63, 3.8) is 0 Å². The lowest BCUT2D eigenvalue weighted by atomic mass is 10.0. The minimum atomic E-state index is -0.250. The number of carbonyl (C=O) groups is 1. The van der Waals surface area contributed by atoms with Gasteiger partial charge in [0.1, 0.15) is 6.04 Å². The molecule has 3 N–H and O–H groups in total. The Bertz CT molecular complexity index is 634. The third-order valence-corrected chi connectivity index (χ3v) is 4.74. The highest BCUT2D eigenvalue weighted by Crippen LogP contribution is 2.29. The second-order valence-electron chi connectivity index (χ2n) is 5.33. The second kappa shape index (κ2) is 6.03. The van der Waals surface area contributed by atoms with Crippen molar-refractivity contribution in [3.8, 4) is 0 Å². The lowest BCUT2D eigenvalue weighted by molar-refractivity contribution is -0.119. The number of piperidine rings is 1. The number of hydrogen-bond acceptors (Lipinski definition) is 5. The van der Waals surface area contributed by atoms with Crippen LogP contribution in [-0.4, -0.2) is 34.4 Å². The first kappa shape index (κ1) is 14.3. The second-order valence-corrected chi connectivity index (χ2v) is 6.20. The van der Waals surface area contributed by atoms with E-state index in [0.717, 1.165) is 55.4 Å². The number of hydrogen-bond donors (Lipinski definition) is 2. The summed E-state index contributed by atoms with van der Waals surface area (Å²) in [5, 5.41) is 5.39. The van der Waals surface area contributed by atoms with Crippen LogP contribution < -0.4 is 16.0 Å². The summed E-state index contributed by atoms with van der Waals surface area (Å²) < 4.78 is 2.11. The topological polar surface area (TPSA) is 75.7 Å². The SMILES string of the molecule is CCNCc1c(N2CCCCC2C(N)=O)nc2sccn12. The predicted molar refractivity (Wildman–Crippen MR) is 84.6 cm³/mol. The highest BCUT2D eigenvalue weighted by molar-refractivity contribution is 7.15. The number of anilines is 1. The van der Waals surface area contributed by atoms with Gasteiger partial charge in [0.25, 0.3) is 0 Å². The predicted octanol–water partition coefficient (Wildman–Crippen LogP) is 1.35. The van der Waals surface area contributed by atoms with E-state index in [9.17, 15) is 4.79 Å². The molecule has 1 unspecified atom stereocenters. The van der Waals surface area contributed by atoms with Crippen LogP contribution in [0.2, 0.25) is 0 Å². The van der Waals surface area contributed by atoms with Gasteiger partial charge in [0, 0.05) is 24.7 Å².